The van der Waals surface area contributed by atoms with E-state index in [1.807, 2.05) is 30.3 Å². The summed E-state index contributed by atoms with van der Waals surface area (Å²) in [4.78, 5) is 22.0. The van der Waals surface area contributed by atoms with Gasteiger partial charge in [-0.15, -0.1) is 5.10 Å². The predicted molar refractivity (Wildman–Crippen MR) is 118 cm³/mol. The van der Waals surface area contributed by atoms with Crippen LogP contribution >= 0.6 is 0 Å². The van der Waals surface area contributed by atoms with Crippen molar-refractivity contribution in [3.63, 3.8) is 0 Å². The maximum atomic E-state index is 12.8. The van der Waals surface area contributed by atoms with Crippen LogP contribution in [0.25, 0.3) is 5.65 Å². The molecule has 0 bridgehead atoms. The van der Waals surface area contributed by atoms with E-state index in [0.29, 0.717) is 12.2 Å². The Morgan fingerprint density at radius 1 is 0.900 bits per heavy atom. The van der Waals surface area contributed by atoms with E-state index in [-0.39, 0.29) is 5.69 Å². The molecular formula is C23H24N6O. The third-order valence-corrected chi connectivity index (χ3v) is 5.64. The molecule has 0 saturated carbocycles. The third-order valence-electron chi connectivity index (χ3n) is 5.64. The number of rotatable bonds is 4. The Morgan fingerprint density at radius 2 is 1.60 bits per heavy atom. The molecule has 7 heteroatoms. The highest BCUT2D eigenvalue weighted by molar-refractivity contribution is 5.64. The lowest BCUT2D eigenvalue weighted by molar-refractivity contribution is 0.645. The molecule has 0 unspecified atom stereocenters. The van der Waals surface area contributed by atoms with Gasteiger partial charge < -0.3 is 9.80 Å². The Morgan fingerprint density at radius 3 is 2.33 bits per heavy atom. The molecule has 1 fully saturated rings. The summed E-state index contributed by atoms with van der Waals surface area (Å²) in [5, 5.41) is 4.62. The normalized spacial score (nSPS) is 14.4. The summed E-state index contributed by atoms with van der Waals surface area (Å²) in [5.41, 5.74) is 4.03. The second kappa shape index (κ2) is 7.67. The lowest BCUT2D eigenvalue weighted by Crippen LogP contribution is -2.47. The van der Waals surface area contributed by atoms with Crippen molar-refractivity contribution in [3.05, 3.63) is 88.6 Å². The standard InChI is InChI=1S/C23H24N6O/c1-18-7-9-20(10-8-18)26-13-15-27(16-14-26)21-22-25-29(17-19-5-3-2-4-6-19)23(30)28(22)12-11-24-21/h2-12H,13-17H2,1H3. The van der Waals surface area contributed by atoms with Gasteiger partial charge in [-0.1, -0.05) is 48.0 Å². The van der Waals surface area contributed by atoms with E-state index in [2.05, 4.69) is 51.1 Å². The van der Waals surface area contributed by atoms with Crippen LogP contribution in [0, 0.1) is 6.92 Å². The first kappa shape index (κ1) is 18.4. The Kier molecular flexibility index (Phi) is 4.71. The Hall–Kier alpha value is -3.61. The van der Waals surface area contributed by atoms with Crippen molar-refractivity contribution >= 4 is 17.2 Å². The van der Waals surface area contributed by atoms with Gasteiger partial charge in [0.15, 0.2) is 5.82 Å². The van der Waals surface area contributed by atoms with Crippen LogP contribution in [0.2, 0.25) is 0 Å². The molecule has 1 aliphatic rings. The average molecular weight is 400 g/mol. The molecular weight excluding hydrogens is 376 g/mol. The maximum Gasteiger partial charge on any atom is 0.350 e. The summed E-state index contributed by atoms with van der Waals surface area (Å²) in [6, 6.07) is 18.6. The summed E-state index contributed by atoms with van der Waals surface area (Å²) in [6.07, 6.45) is 3.38. The zero-order valence-corrected chi connectivity index (χ0v) is 17.0. The number of anilines is 2. The topological polar surface area (TPSA) is 58.7 Å². The van der Waals surface area contributed by atoms with Crippen molar-refractivity contribution in [2.24, 2.45) is 0 Å². The average Bonchev–Trinajstić information content (AvgIpc) is 3.11. The van der Waals surface area contributed by atoms with Crippen molar-refractivity contribution < 1.29 is 0 Å². The zero-order chi connectivity index (χ0) is 20.5. The molecule has 2 aromatic heterocycles. The van der Waals surface area contributed by atoms with Crippen LogP contribution in [0.3, 0.4) is 0 Å². The summed E-state index contributed by atoms with van der Waals surface area (Å²) in [7, 11) is 0. The van der Waals surface area contributed by atoms with Crippen molar-refractivity contribution in [1.82, 2.24) is 19.2 Å². The van der Waals surface area contributed by atoms with Crippen molar-refractivity contribution in [2.75, 3.05) is 36.0 Å². The summed E-state index contributed by atoms with van der Waals surface area (Å²) in [6.45, 7) is 6.02. The first-order chi connectivity index (χ1) is 14.7. The number of aryl methyl sites for hydroxylation is 1. The molecule has 0 spiro atoms. The number of piperazine rings is 1. The van der Waals surface area contributed by atoms with E-state index in [1.165, 1.54) is 15.9 Å². The minimum absolute atomic E-state index is 0.143. The maximum absolute atomic E-state index is 12.8. The fraction of sp³-hybridized carbons (Fsp3) is 0.261. The fourth-order valence-corrected chi connectivity index (χ4v) is 3.95. The second-order valence-electron chi connectivity index (χ2n) is 7.68. The third kappa shape index (κ3) is 3.43. The lowest BCUT2D eigenvalue weighted by Gasteiger charge is -2.36. The summed E-state index contributed by atoms with van der Waals surface area (Å²) < 4.78 is 3.11. The zero-order valence-electron chi connectivity index (χ0n) is 17.0. The number of benzene rings is 2. The highest BCUT2D eigenvalue weighted by Gasteiger charge is 2.22. The molecule has 4 aromatic rings. The van der Waals surface area contributed by atoms with E-state index in [4.69, 9.17) is 0 Å². The van der Waals surface area contributed by atoms with Crippen LogP contribution in [0.1, 0.15) is 11.1 Å². The molecule has 0 atom stereocenters. The highest BCUT2D eigenvalue weighted by atomic mass is 16.2. The molecule has 0 aliphatic carbocycles. The quantitative estimate of drug-likeness (QED) is 0.527. The monoisotopic (exact) mass is 400 g/mol. The highest BCUT2D eigenvalue weighted by Crippen LogP contribution is 2.21. The van der Waals surface area contributed by atoms with Gasteiger partial charge in [0, 0.05) is 44.3 Å². The number of hydrogen-bond donors (Lipinski definition) is 0. The van der Waals surface area contributed by atoms with Gasteiger partial charge in [0.05, 0.1) is 6.54 Å². The van der Waals surface area contributed by atoms with E-state index >= 15 is 0 Å². The SMILES string of the molecule is Cc1ccc(N2CCN(c3nccn4c(=O)n(Cc5ccccc5)nc34)CC2)cc1. The van der Waals surface area contributed by atoms with Gasteiger partial charge in [0.25, 0.3) is 0 Å². The molecule has 7 nitrogen and oxygen atoms in total. The van der Waals surface area contributed by atoms with E-state index < -0.39 is 0 Å². The van der Waals surface area contributed by atoms with E-state index in [1.54, 1.807) is 16.8 Å². The molecule has 3 heterocycles. The summed E-state index contributed by atoms with van der Waals surface area (Å²) in [5.74, 6) is 0.768. The van der Waals surface area contributed by atoms with Gasteiger partial charge in [0.1, 0.15) is 0 Å². The minimum Gasteiger partial charge on any atom is -0.368 e. The van der Waals surface area contributed by atoms with Crippen LogP contribution in [0.15, 0.2) is 71.8 Å². The molecule has 0 amide bonds. The van der Waals surface area contributed by atoms with Crippen LogP contribution < -0.4 is 15.5 Å². The van der Waals surface area contributed by atoms with Crippen LogP contribution in [-0.2, 0) is 6.54 Å². The van der Waals surface area contributed by atoms with Crippen LogP contribution in [0.4, 0.5) is 11.5 Å². The molecule has 2 aromatic carbocycles. The minimum atomic E-state index is -0.143. The Labute approximate surface area is 174 Å². The molecule has 0 radical (unpaired) electrons. The second-order valence-corrected chi connectivity index (χ2v) is 7.68. The molecule has 152 valence electrons. The van der Waals surface area contributed by atoms with Gasteiger partial charge >= 0.3 is 5.69 Å². The smallest absolute Gasteiger partial charge is 0.350 e. The number of hydrogen-bond acceptors (Lipinski definition) is 5. The lowest BCUT2D eigenvalue weighted by atomic mass is 10.2. The van der Waals surface area contributed by atoms with E-state index in [0.717, 1.165) is 37.6 Å². The van der Waals surface area contributed by atoms with Gasteiger partial charge in [-0.05, 0) is 24.6 Å². The number of aromatic nitrogens is 4. The summed E-state index contributed by atoms with van der Waals surface area (Å²) >= 11 is 0. The molecule has 1 saturated heterocycles. The van der Waals surface area contributed by atoms with Gasteiger partial charge in [0.2, 0.25) is 5.65 Å². The van der Waals surface area contributed by atoms with Crippen molar-refractivity contribution in [2.45, 2.75) is 13.5 Å². The number of nitrogens with zero attached hydrogens (tertiary/aromatic N) is 6. The van der Waals surface area contributed by atoms with Crippen molar-refractivity contribution in [1.29, 1.82) is 0 Å². The largest absolute Gasteiger partial charge is 0.368 e. The predicted octanol–water partition coefficient (Wildman–Crippen LogP) is 2.57. The molecule has 0 N–H and O–H groups in total. The van der Waals surface area contributed by atoms with Gasteiger partial charge in [-0.25, -0.2) is 18.9 Å². The molecule has 5 rings (SSSR count). The van der Waals surface area contributed by atoms with Gasteiger partial charge in [-0.2, -0.15) is 0 Å². The number of fused-ring (bicyclic) bond motifs is 1. The fourth-order valence-electron chi connectivity index (χ4n) is 3.95. The first-order valence-electron chi connectivity index (χ1n) is 10.2. The Bertz CT molecular complexity index is 1200. The molecule has 1 aliphatic heterocycles. The first-order valence-corrected chi connectivity index (χ1v) is 10.2. The van der Waals surface area contributed by atoms with Gasteiger partial charge in [-0.3, -0.25) is 0 Å². The van der Waals surface area contributed by atoms with E-state index in [9.17, 15) is 4.79 Å². The Balaban J connectivity index is 1.39. The van der Waals surface area contributed by atoms with Crippen LogP contribution in [0.5, 0.6) is 0 Å². The molecule has 30 heavy (non-hydrogen) atoms. The van der Waals surface area contributed by atoms with Crippen molar-refractivity contribution in [3.8, 4) is 0 Å². The van der Waals surface area contributed by atoms with Crippen LogP contribution in [-0.4, -0.2) is 45.3 Å².